The van der Waals surface area contributed by atoms with Gasteiger partial charge in [0, 0.05) is 12.6 Å². The fraction of sp³-hybridized carbons (Fsp3) is 0.667. The van der Waals surface area contributed by atoms with E-state index in [4.69, 9.17) is 11.6 Å². The minimum atomic E-state index is -0.449. The molecule has 1 rings (SSSR count). The minimum Gasteiger partial charge on any atom is -0.465 e. The molecule has 1 aromatic heterocycles. The number of halogens is 1. The van der Waals surface area contributed by atoms with Crippen LogP contribution in [0.15, 0.2) is 0 Å². The molecule has 0 saturated carbocycles. The minimum absolute atomic E-state index is 0.193. The van der Waals surface area contributed by atoms with Crippen molar-refractivity contribution >= 4 is 34.0 Å². The number of carbonyl (C=O) groups is 1. The van der Waals surface area contributed by atoms with Crippen LogP contribution >= 0.6 is 22.9 Å². The molecule has 19 heavy (non-hydrogen) atoms. The van der Waals surface area contributed by atoms with E-state index in [0.29, 0.717) is 16.1 Å². The average molecular weight is 306 g/mol. The van der Waals surface area contributed by atoms with E-state index in [2.05, 4.69) is 40.8 Å². The maximum absolute atomic E-state index is 11.4. The Morgan fingerprint density at radius 1 is 1.58 bits per heavy atom. The summed E-state index contributed by atoms with van der Waals surface area (Å²) in [6, 6.07) is 0.542. The van der Waals surface area contributed by atoms with E-state index < -0.39 is 5.97 Å². The van der Waals surface area contributed by atoms with E-state index in [0.717, 1.165) is 19.5 Å². The lowest BCUT2D eigenvalue weighted by Crippen LogP contribution is -2.28. The predicted octanol–water partition coefficient (Wildman–Crippen LogP) is 2.73. The first kappa shape index (κ1) is 16.2. The fourth-order valence-corrected chi connectivity index (χ4v) is 2.51. The number of esters is 1. The predicted molar refractivity (Wildman–Crippen MR) is 79.3 cm³/mol. The van der Waals surface area contributed by atoms with Crippen molar-refractivity contribution < 1.29 is 9.53 Å². The summed E-state index contributed by atoms with van der Waals surface area (Å²) in [5.41, 5.74) is 0. The highest BCUT2D eigenvalue weighted by Crippen LogP contribution is 2.27. The van der Waals surface area contributed by atoms with Crippen LogP contribution in [-0.4, -0.2) is 49.1 Å². The molecule has 0 spiro atoms. The summed E-state index contributed by atoms with van der Waals surface area (Å²) in [7, 11) is 3.42. The van der Waals surface area contributed by atoms with Gasteiger partial charge in [-0.05, 0) is 33.9 Å². The average Bonchev–Trinajstić information content (AvgIpc) is 2.74. The van der Waals surface area contributed by atoms with Crippen LogP contribution in [0.2, 0.25) is 5.15 Å². The second-order valence-corrected chi connectivity index (χ2v) is 5.84. The zero-order valence-electron chi connectivity index (χ0n) is 11.7. The van der Waals surface area contributed by atoms with Gasteiger partial charge in [-0.2, -0.15) is 0 Å². The van der Waals surface area contributed by atoms with Gasteiger partial charge in [0.05, 0.1) is 7.11 Å². The Labute approximate surface area is 122 Å². The molecule has 0 bridgehead atoms. The zero-order chi connectivity index (χ0) is 14.4. The van der Waals surface area contributed by atoms with Gasteiger partial charge in [0.15, 0.2) is 15.2 Å². The number of methoxy groups -OCH3 is 1. The van der Waals surface area contributed by atoms with Gasteiger partial charge in [0.2, 0.25) is 0 Å². The number of nitrogens with zero attached hydrogens (tertiary/aromatic N) is 2. The molecule has 1 heterocycles. The Kier molecular flexibility index (Phi) is 6.54. The first-order valence-corrected chi connectivity index (χ1v) is 7.34. The quantitative estimate of drug-likeness (QED) is 0.620. The third kappa shape index (κ3) is 4.97. The molecule has 5 nitrogen and oxygen atoms in total. The van der Waals surface area contributed by atoms with Crippen LogP contribution in [0.4, 0.5) is 5.13 Å². The number of thiazole rings is 1. The molecule has 0 unspecified atom stereocenters. The van der Waals surface area contributed by atoms with Gasteiger partial charge < -0.3 is 15.0 Å². The van der Waals surface area contributed by atoms with Crippen LogP contribution in [0.25, 0.3) is 0 Å². The largest absolute Gasteiger partial charge is 0.465 e. The maximum atomic E-state index is 11.4. The van der Waals surface area contributed by atoms with E-state index in [1.165, 1.54) is 18.4 Å². The van der Waals surface area contributed by atoms with Gasteiger partial charge >= 0.3 is 5.97 Å². The van der Waals surface area contributed by atoms with Gasteiger partial charge in [-0.25, -0.2) is 9.78 Å². The third-order valence-electron chi connectivity index (χ3n) is 2.80. The van der Waals surface area contributed by atoms with Crippen molar-refractivity contribution in [2.45, 2.75) is 26.3 Å². The van der Waals surface area contributed by atoms with Crippen LogP contribution < -0.4 is 5.32 Å². The highest BCUT2D eigenvalue weighted by atomic mass is 35.5. The van der Waals surface area contributed by atoms with Gasteiger partial charge in [0.1, 0.15) is 0 Å². The highest BCUT2D eigenvalue weighted by molar-refractivity contribution is 7.18. The molecule has 0 aliphatic carbocycles. The Morgan fingerprint density at radius 2 is 2.26 bits per heavy atom. The molecule has 0 saturated heterocycles. The number of hydrogen-bond donors (Lipinski definition) is 1. The molecule has 0 aliphatic rings. The van der Waals surface area contributed by atoms with E-state index in [1.807, 2.05) is 0 Å². The molecule has 1 aromatic rings. The molecule has 0 amide bonds. The van der Waals surface area contributed by atoms with Crippen LogP contribution in [0, 0.1) is 0 Å². The molecule has 0 fully saturated rings. The van der Waals surface area contributed by atoms with Crippen molar-refractivity contribution in [3.8, 4) is 0 Å². The highest BCUT2D eigenvalue weighted by Gasteiger charge is 2.16. The molecule has 0 aromatic carbocycles. The molecule has 7 heteroatoms. The summed E-state index contributed by atoms with van der Waals surface area (Å²) >= 11 is 7.09. The summed E-state index contributed by atoms with van der Waals surface area (Å²) in [6.45, 7) is 6.13. The molecular weight excluding hydrogens is 286 g/mol. The van der Waals surface area contributed by atoms with Gasteiger partial charge in [-0.1, -0.05) is 22.9 Å². The van der Waals surface area contributed by atoms with Crippen molar-refractivity contribution in [3.63, 3.8) is 0 Å². The number of hydrogen-bond acceptors (Lipinski definition) is 6. The molecule has 0 radical (unpaired) electrons. The second-order valence-electron chi connectivity index (χ2n) is 4.49. The second kappa shape index (κ2) is 7.67. The van der Waals surface area contributed by atoms with E-state index in [1.54, 1.807) is 0 Å². The number of nitrogens with one attached hydrogen (secondary N) is 1. The van der Waals surface area contributed by atoms with Gasteiger partial charge in [0.25, 0.3) is 0 Å². The lowest BCUT2D eigenvalue weighted by atomic mass is 10.3. The summed E-state index contributed by atoms with van der Waals surface area (Å²) in [5.74, 6) is -0.449. The summed E-state index contributed by atoms with van der Waals surface area (Å²) in [5, 5.41) is 4.01. The Bertz CT molecular complexity index is 423. The molecule has 0 atom stereocenters. The van der Waals surface area contributed by atoms with E-state index >= 15 is 0 Å². The fourth-order valence-electron chi connectivity index (χ4n) is 1.38. The lowest BCUT2D eigenvalue weighted by Gasteiger charge is -2.20. The van der Waals surface area contributed by atoms with Crippen molar-refractivity contribution in [2.75, 3.05) is 32.6 Å². The number of rotatable bonds is 7. The van der Waals surface area contributed by atoms with Crippen LogP contribution in [0.3, 0.4) is 0 Å². The van der Waals surface area contributed by atoms with Gasteiger partial charge in [-0.15, -0.1) is 0 Å². The van der Waals surface area contributed by atoms with Crippen LogP contribution in [0.1, 0.15) is 29.9 Å². The number of ether oxygens (including phenoxy) is 1. The number of anilines is 1. The Balaban J connectivity index is 2.40. The Morgan fingerprint density at radius 3 is 2.84 bits per heavy atom. The molecule has 0 aliphatic heterocycles. The molecule has 1 N–H and O–H groups in total. The van der Waals surface area contributed by atoms with Crippen molar-refractivity contribution in [1.29, 1.82) is 0 Å². The number of carbonyl (C=O) groups excluding carboxylic acids is 1. The molecular formula is C12H20ClN3O2S. The van der Waals surface area contributed by atoms with Crippen LogP contribution in [0.5, 0.6) is 0 Å². The third-order valence-corrected chi connectivity index (χ3v) is 4.18. The first-order valence-electron chi connectivity index (χ1n) is 6.14. The molecule has 108 valence electrons. The van der Waals surface area contributed by atoms with Crippen LogP contribution in [-0.2, 0) is 4.74 Å². The smallest absolute Gasteiger partial charge is 0.351 e. The van der Waals surface area contributed by atoms with Crippen molar-refractivity contribution in [2.24, 2.45) is 0 Å². The van der Waals surface area contributed by atoms with E-state index in [9.17, 15) is 4.79 Å². The van der Waals surface area contributed by atoms with Crippen molar-refractivity contribution in [1.82, 2.24) is 9.88 Å². The standard InChI is InChI=1S/C12H20ClN3O2S/c1-8(2)16(3)7-5-6-14-12-15-10(13)9(19-12)11(17)18-4/h8H,5-7H2,1-4H3,(H,14,15). The summed E-state index contributed by atoms with van der Waals surface area (Å²) < 4.78 is 4.63. The Hall–Kier alpha value is -0.850. The first-order chi connectivity index (χ1) is 8.95. The zero-order valence-corrected chi connectivity index (χ0v) is 13.3. The normalized spacial score (nSPS) is 11.1. The summed E-state index contributed by atoms with van der Waals surface area (Å²) in [4.78, 5) is 18.1. The SMILES string of the molecule is COC(=O)c1sc(NCCCN(C)C(C)C)nc1Cl. The maximum Gasteiger partial charge on any atom is 0.351 e. The monoisotopic (exact) mass is 305 g/mol. The topological polar surface area (TPSA) is 54.5 Å². The summed E-state index contributed by atoms with van der Waals surface area (Å²) in [6.07, 6.45) is 0.999. The van der Waals surface area contributed by atoms with Crippen molar-refractivity contribution in [3.05, 3.63) is 10.0 Å². The number of aromatic nitrogens is 1. The van der Waals surface area contributed by atoms with E-state index in [-0.39, 0.29) is 5.15 Å². The van der Waals surface area contributed by atoms with Gasteiger partial charge in [-0.3, -0.25) is 0 Å². The lowest BCUT2D eigenvalue weighted by molar-refractivity contribution is 0.0606.